The van der Waals surface area contributed by atoms with E-state index in [1.807, 2.05) is 0 Å². The van der Waals surface area contributed by atoms with Gasteiger partial charge in [0.05, 0.1) is 12.2 Å². The van der Waals surface area contributed by atoms with E-state index in [1.54, 1.807) is 7.11 Å². The summed E-state index contributed by atoms with van der Waals surface area (Å²) in [5.74, 6) is -1.72. The van der Waals surface area contributed by atoms with E-state index in [4.69, 9.17) is 4.74 Å². The molecule has 0 heterocycles. The lowest BCUT2D eigenvalue weighted by molar-refractivity contribution is 0.0949. The molecule has 0 radical (unpaired) electrons. The van der Waals surface area contributed by atoms with Crippen molar-refractivity contribution >= 4 is 31.7 Å². The van der Waals surface area contributed by atoms with Gasteiger partial charge in [0.25, 0.3) is 5.91 Å². The van der Waals surface area contributed by atoms with Crippen molar-refractivity contribution in [3.63, 3.8) is 0 Å². The topological polar surface area (TPSA) is 84.5 Å². The standard InChI is InChI=1S/C13H18BrFN2O4S/c1-21-6-5-16-3-4-17-13(18)10-7-9(14)8-11(12(10)15)22(2,19)20/h7-8,16H,3-6H2,1-2H3,(H,17,18). The van der Waals surface area contributed by atoms with Crippen LogP contribution in [0.1, 0.15) is 10.4 Å². The maximum atomic E-state index is 14.2. The summed E-state index contributed by atoms with van der Waals surface area (Å²) in [5.41, 5.74) is -0.313. The Morgan fingerprint density at radius 1 is 1.32 bits per heavy atom. The van der Waals surface area contributed by atoms with Gasteiger partial charge in [0, 0.05) is 37.5 Å². The molecule has 1 aromatic carbocycles. The molecule has 0 aromatic heterocycles. The minimum absolute atomic E-state index is 0.280. The molecule has 0 aliphatic heterocycles. The molecule has 0 saturated carbocycles. The fraction of sp³-hybridized carbons (Fsp3) is 0.462. The average Bonchev–Trinajstić information content (AvgIpc) is 2.43. The zero-order valence-electron chi connectivity index (χ0n) is 12.3. The summed E-state index contributed by atoms with van der Waals surface area (Å²) in [6, 6.07) is 2.38. The van der Waals surface area contributed by atoms with Gasteiger partial charge in [0.2, 0.25) is 0 Å². The third-order valence-corrected chi connectivity index (χ3v) is 4.27. The van der Waals surface area contributed by atoms with Crippen LogP contribution in [0.5, 0.6) is 0 Å². The zero-order chi connectivity index (χ0) is 16.8. The number of methoxy groups -OCH3 is 1. The van der Waals surface area contributed by atoms with Gasteiger partial charge in [-0.3, -0.25) is 4.79 Å². The number of ether oxygens (including phenoxy) is 1. The molecule has 0 saturated heterocycles. The molecule has 0 bridgehead atoms. The molecule has 1 amide bonds. The number of hydrogen-bond donors (Lipinski definition) is 2. The first-order valence-corrected chi connectivity index (χ1v) is 9.12. The van der Waals surface area contributed by atoms with Crippen LogP contribution in [0.4, 0.5) is 4.39 Å². The van der Waals surface area contributed by atoms with E-state index in [-0.39, 0.29) is 12.1 Å². The molecule has 1 rings (SSSR count). The number of benzene rings is 1. The van der Waals surface area contributed by atoms with Gasteiger partial charge in [0.15, 0.2) is 15.7 Å². The van der Waals surface area contributed by atoms with Crippen LogP contribution >= 0.6 is 15.9 Å². The fourth-order valence-electron chi connectivity index (χ4n) is 1.66. The first-order chi connectivity index (χ1) is 10.3. The van der Waals surface area contributed by atoms with Crippen LogP contribution in [0.2, 0.25) is 0 Å². The summed E-state index contributed by atoms with van der Waals surface area (Å²) >= 11 is 3.08. The van der Waals surface area contributed by atoms with Crippen molar-refractivity contribution in [1.29, 1.82) is 0 Å². The van der Waals surface area contributed by atoms with Gasteiger partial charge in [-0.05, 0) is 12.1 Å². The summed E-state index contributed by atoms with van der Waals surface area (Å²) in [7, 11) is -2.18. The Morgan fingerprint density at radius 2 is 2.00 bits per heavy atom. The number of carbonyl (C=O) groups is 1. The van der Waals surface area contributed by atoms with Crippen LogP contribution in [0.25, 0.3) is 0 Å². The molecule has 0 unspecified atom stereocenters. The van der Waals surface area contributed by atoms with Gasteiger partial charge in [-0.2, -0.15) is 0 Å². The highest BCUT2D eigenvalue weighted by atomic mass is 79.9. The molecule has 0 aliphatic carbocycles. The maximum absolute atomic E-state index is 14.2. The molecule has 2 N–H and O–H groups in total. The molecule has 0 fully saturated rings. The second kappa shape index (κ2) is 8.56. The molecule has 9 heteroatoms. The van der Waals surface area contributed by atoms with Gasteiger partial charge in [-0.15, -0.1) is 0 Å². The first-order valence-electron chi connectivity index (χ1n) is 6.44. The predicted octanol–water partition coefficient (Wildman–Crippen LogP) is 0.957. The Balaban J connectivity index is 2.76. The second-order valence-corrected chi connectivity index (χ2v) is 7.44. The van der Waals surface area contributed by atoms with Crippen molar-refractivity contribution in [2.45, 2.75) is 4.90 Å². The highest BCUT2D eigenvalue weighted by Crippen LogP contribution is 2.24. The third kappa shape index (κ3) is 5.64. The quantitative estimate of drug-likeness (QED) is 0.639. The number of rotatable bonds is 8. The van der Waals surface area contributed by atoms with Crippen molar-refractivity contribution < 1.29 is 22.3 Å². The van der Waals surface area contributed by atoms with Gasteiger partial charge < -0.3 is 15.4 Å². The van der Waals surface area contributed by atoms with Crippen LogP contribution in [-0.4, -0.2) is 53.9 Å². The largest absolute Gasteiger partial charge is 0.383 e. The number of nitrogens with one attached hydrogen (secondary N) is 2. The Kier molecular flexibility index (Phi) is 7.40. The highest BCUT2D eigenvalue weighted by Gasteiger charge is 2.21. The summed E-state index contributed by atoms with van der Waals surface area (Å²) in [6.07, 6.45) is 0.888. The van der Waals surface area contributed by atoms with E-state index in [2.05, 4.69) is 26.6 Å². The van der Waals surface area contributed by atoms with Crippen LogP contribution in [0.15, 0.2) is 21.5 Å². The lowest BCUT2D eigenvalue weighted by atomic mass is 10.2. The summed E-state index contributed by atoms with van der Waals surface area (Å²) in [6.45, 7) is 1.95. The summed E-state index contributed by atoms with van der Waals surface area (Å²) in [5, 5.41) is 5.54. The maximum Gasteiger partial charge on any atom is 0.254 e. The van der Waals surface area contributed by atoms with Gasteiger partial charge in [-0.25, -0.2) is 12.8 Å². The number of sulfone groups is 1. The van der Waals surface area contributed by atoms with Crippen molar-refractivity contribution in [1.82, 2.24) is 10.6 Å². The highest BCUT2D eigenvalue weighted by molar-refractivity contribution is 9.10. The minimum atomic E-state index is -3.76. The molecular weight excluding hydrogens is 379 g/mol. The van der Waals surface area contributed by atoms with Crippen LogP contribution in [0, 0.1) is 5.82 Å². The number of halogens is 2. The van der Waals surface area contributed by atoms with Crippen molar-refractivity contribution in [3.05, 3.63) is 28.0 Å². The van der Waals surface area contributed by atoms with Gasteiger partial charge >= 0.3 is 0 Å². The van der Waals surface area contributed by atoms with Crippen LogP contribution in [0.3, 0.4) is 0 Å². The molecule has 0 aliphatic rings. The van der Waals surface area contributed by atoms with E-state index in [0.717, 1.165) is 12.3 Å². The second-order valence-electron chi connectivity index (χ2n) is 4.54. The lowest BCUT2D eigenvalue weighted by Gasteiger charge is -2.10. The molecule has 0 atom stereocenters. The van der Waals surface area contributed by atoms with Crippen molar-refractivity contribution in [2.24, 2.45) is 0 Å². The predicted molar refractivity (Wildman–Crippen MR) is 84.3 cm³/mol. The Hall–Kier alpha value is -1.03. The molecule has 0 spiro atoms. The fourth-order valence-corrected chi connectivity index (χ4v) is 3.04. The van der Waals surface area contributed by atoms with Gasteiger partial charge in [0.1, 0.15) is 4.90 Å². The Morgan fingerprint density at radius 3 is 2.59 bits per heavy atom. The molecule has 124 valence electrons. The van der Waals surface area contributed by atoms with Crippen LogP contribution < -0.4 is 10.6 Å². The number of hydrogen-bond acceptors (Lipinski definition) is 5. The Bertz CT molecular complexity index is 637. The average molecular weight is 397 g/mol. The molecular formula is C13H18BrFN2O4S. The van der Waals surface area contributed by atoms with Crippen molar-refractivity contribution in [3.8, 4) is 0 Å². The molecule has 6 nitrogen and oxygen atoms in total. The lowest BCUT2D eigenvalue weighted by Crippen LogP contribution is -2.33. The third-order valence-electron chi connectivity index (χ3n) is 2.72. The summed E-state index contributed by atoms with van der Waals surface area (Å²) < 4.78 is 42.4. The van der Waals surface area contributed by atoms with E-state index in [9.17, 15) is 17.6 Å². The minimum Gasteiger partial charge on any atom is -0.383 e. The smallest absolute Gasteiger partial charge is 0.254 e. The SMILES string of the molecule is COCCNCCNC(=O)c1cc(Br)cc(S(C)(=O)=O)c1F. The van der Waals surface area contributed by atoms with E-state index < -0.39 is 26.5 Å². The van der Waals surface area contributed by atoms with Crippen LogP contribution in [-0.2, 0) is 14.6 Å². The van der Waals surface area contributed by atoms with E-state index >= 15 is 0 Å². The monoisotopic (exact) mass is 396 g/mol. The zero-order valence-corrected chi connectivity index (χ0v) is 14.7. The Labute approximate surface area is 137 Å². The van der Waals surface area contributed by atoms with Gasteiger partial charge in [-0.1, -0.05) is 15.9 Å². The summed E-state index contributed by atoms with van der Waals surface area (Å²) in [4.78, 5) is 11.5. The van der Waals surface area contributed by atoms with E-state index in [0.29, 0.717) is 24.2 Å². The number of carbonyl (C=O) groups excluding carboxylic acids is 1. The number of amides is 1. The first kappa shape index (κ1) is 19.0. The van der Waals surface area contributed by atoms with E-state index in [1.165, 1.54) is 6.07 Å². The molecule has 1 aromatic rings. The van der Waals surface area contributed by atoms with Crippen molar-refractivity contribution in [2.75, 3.05) is 39.6 Å². The molecule has 22 heavy (non-hydrogen) atoms. The normalized spacial score (nSPS) is 11.5.